The maximum Gasteiger partial charge on any atom is 0.240 e. The van der Waals surface area contributed by atoms with E-state index in [4.69, 9.17) is 0 Å². The number of sulfonamides is 1. The third-order valence-corrected chi connectivity index (χ3v) is 4.49. The summed E-state index contributed by atoms with van der Waals surface area (Å²) < 4.78 is 26.7. The van der Waals surface area contributed by atoms with Gasteiger partial charge < -0.3 is 5.11 Å². The molecule has 1 rings (SSSR count). The van der Waals surface area contributed by atoms with Crippen molar-refractivity contribution >= 4 is 10.0 Å². The van der Waals surface area contributed by atoms with Gasteiger partial charge in [-0.3, -0.25) is 0 Å². The molecule has 0 saturated heterocycles. The third kappa shape index (κ3) is 4.78. The highest BCUT2D eigenvalue weighted by atomic mass is 32.2. The first-order valence-electron chi connectivity index (χ1n) is 6.25. The number of benzene rings is 1. The number of rotatable bonds is 7. The topological polar surface area (TPSA) is 66.4 Å². The van der Waals surface area contributed by atoms with Crippen LogP contribution in [0.4, 0.5) is 0 Å². The molecule has 0 saturated carbocycles. The van der Waals surface area contributed by atoms with Crippen LogP contribution in [0.25, 0.3) is 0 Å². The number of allylic oxidation sites excluding steroid dienone is 1. The Morgan fingerprint density at radius 3 is 2.47 bits per heavy atom. The van der Waals surface area contributed by atoms with Gasteiger partial charge in [0.25, 0.3) is 0 Å². The molecule has 4 nitrogen and oxygen atoms in total. The lowest BCUT2D eigenvalue weighted by Crippen LogP contribution is -2.40. The van der Waals surface area contributed by atoms with Gasteiger partial charge in [-0.05, 0) is 38.8 Å². The van der Waals surface area contributed by atoms with E-state index in [0.717, 1.165) is 5.56 Å². The lowest BCUT2D eigenvalue weighted by atomic mass is 10.1. The maximum absolute atomic E-state index is 12.1. The molecular formula is C14H21NO3S. The minimum atomic E-state index is -3.58. The summed E-state index contributed by atoms with van der Waals surface area (Å²) in [6, 6.07) is 6.06. The minimum Gasteiger partial charge on any atom is -0.391 e. The number of aliphatic hydroxyl groups is 1. The second-order valence-electron chi connectivity index (χ2n) is 4.66. The van der Waals surface area contributed by atoms with E-state index in [9.17, 15) is 13.5 Å². The van der Waals surface area contributed by atoms with Crippen molar-refractivity contribution in [3.05, 3.63) is 42.5 Å². The van der Waals surface area contributed by atoms with Crippen molar-refractivity contribution in [2.24, 2.45) is 0 Å². The lowest BCUT2D eigenvalue weighted by molar-refractivity contribution is 0.136. The van der Waals surface area contributed by atoms with E-state index < -0.39 is 22.2 Å². The smallest absolute Gasteiger partial charge is 0.240 e. The van der Waals surface area contributed by atoms with E-state index in [-0.39, 0.29) is 4.90 Å². The Bertz CT molecular complexity index is 508. The van der Waals surface area contributed by atoms with E-state index >= 15 is 0 Å². The molecule has 2 atom stereocenters. The highest BCUT2D eigenvalue weighted by Crippen LogP contribution is 2.12. The summed E-state index contributed by atoms with van der Waals surface area (Å²) in [5.74, 6) is 0. The summed E-state index contributed by atoms with van der Waals surface area (Å²) in [4.78, 5) is 0.209. The van der Waals surface area contributed by atoms with Gasteiger partial charge in [-0.15, -0.1) is 6.58 Å². The van der Waals surface area contributed by atoms with Crippen molar-refractivity contribution < 1.29 is 13.5 Å². The monoisotopic (exact) mass is 283 g/mol. The molecule has 0 aromatic heterocycles. The van der Waals surface area contributed by atoms with E-state index in [1.54, 1.807) is 37.3 Å². The van der Waals surface area contributed by atoms with Gasteiger partial charge in [0.15, 0.2) is 0 Å². The van der Waals surface area contributed by atoms with Crippen LogP contribution in [-0.2, 0) is 10.0 Å². The summed E-state index contributed by atoms with van der Waals surface area (Å²) >= 11 is 0. The van der Waals surface area contributed by atoms with Gasteiger partial charge in [0, 0.05) is 6.04 Å². The molecule has 0 fully saturated rings. The average Bonchev–Trinajstić information content (AvgIpc) is 2.35. The number of nitrogens with one attached hydrogen (secondary N) is 1. The predicted molar refractivity (Wildman–Crippen MR) is 76.4 cm³/mol. The molecule has 0 unspecified atom stereocenters. The van der Waals surface area contributed by atoms with E-state index in [2.05, 4.69) is 11.3 Å². The molecule has 0 aliphatic heterocycles. The van der Waals surface area contributed by atoms with Gasteiger partial charge in [-0.1, -0.05) is 23.8 Å². The van der Waals surface area contributed by atoms with Crippen LogP contribution in [0.1, 0.15) is 25.3 Å². The van der Waals surface area contributed by atoms with Gasteiger partial charge in [0.2, 0.25) is 10.0 Å². The second kappa shape index (κ2) is 6.84. The van der Waals surface area contributed by atoms with Gasteiger partial charge >= 0.3 is 0 Å². The third-order valence-electron chi connectivity index (χ3n) is 2.92. The summed E-state index contributed by atoms with van der Waals surface area (Å²) in [6.07, 6.45) is 2.11. The van der Waals surface area contributed by atoms with Gasteiger partial charge in [0.05, 0.1) is 11.0 Å². The van der Waals surface area contributed by atoms with Crippen molar-refractivity contribution in [1.82, 2.24) is 4.72 Å². The lowest BCUT2D eigenvalue weighted by Gasteiger charge is -2.19. The molecule has 19 heavy (non-hydrogen) atoms. The Morgan fingerprint density at radius 2 is 1.95 bits per heavy atom. The molecular weight excluding hydrogens is 262 g/mol. The number of aliphatic hydroxyl groups excluding tert-OH is 1. The van der Waals surface area contributed by atoms with Gasteiger partial charge in [-0.25, -0.2) is 13.1 Å². The van der Waals surface area contributed by atoms with Crippen LogP contribution in [0.5, 0.6) is 0 Å². The zero-order valence-electron chi connectivity index (χ0n) is 11.3. The van der Waals surface area contributed by atoms with Crippen LogP contribution in [-0.4, -0.2) is 25.7 Å². The molecule has 0 amide bonds. The van der Waals surface area contributed by atoms with Crippen molar-refractivity contribution in [3.63, 3.8) is 0 Å². The largest absolute Gasteiger partial charge is 0.391 e. The van der Waals surface area contributed by atoms with E-state index in [1.165, 1.54) is 0 Å². The fraction of sp³-hybridized carbons (Fsp3) is 0.429. The predicted octanol–water partition coefficient (Wildman–Crippen LogP) is 1.99. The number of hydrogen-bond acceptors (Lipinski definition) is 3. The van der Waals surface area contributed by atoms with Crippen molar-refractivity contribution in [3.8, 4) is 0 Å². The Balaban J connectivity index is 2.74. The molecule has 0 heterocycles. The molecule has 1 aromatic rings. The fourth-order valence-corrected chi connectivity index (χ4v) is 2.92. The highest BCUT2D eigenvalue weighted by molar-refractivity contribution is 7.89. The Morgan fingerprint density at radius 1 is 1.37 bits per heavy atom. The Labute approximate surface area is 115 Å². The minimum absolute atomic E-state index is 0.209. The van der Waals surface area contributed by atoms with Crippen molar-refractivity contribution in [1.29, 1.82) is 0 Å². The molecule has 0 spiro atoms. The zero-order valence-corrected chi connectivity index (χ0v) is 12.2. The van der Waals surface area contributed by atoms with Gasteiger partial charge in [0.1, 0.15) is 0 Å². The summed E-state index contributed by atoms with van der Waals surface area (Å²) in [7, 11) is -3.58. The zero-order chi connectivity index (χ0) is 14.5. The number of aryl methyl sites for hydroxylation is 1. The van der Waals surface area contributed by atoms with Crippen LogP contribution >= 0.6 is 0 Å². The van der Waals surface area contributed by atoms with Gasteiger partial charge in [-0.2, -0.15) is 0 Å². The Kier molecular flexibility index (Phi) is 5.72. The molecule has 0 radical (unpaired) electrons. The van der Waals surface area contributed by atoms with E-state index in [0.29, 0.717) is 12.8 Å². The van der Waals surface area contributed by atoms with Crippen molar-refractivity contribution in [2.75, 3.05) is 0 Å². The molecule has 106 valence electrons. The first-order chi connectivity index (χ1) is 8.86. The molecule has 5 heteroatoms. The molecule has 0 bridgehead atoms. The standard InChI is InChI=1S/C14H21NO3S/c1-4-5-6-14(16)12(3)15-19(17,18)13-9-7-11(2)8-10-13/h4,7-10,12,14-16H,1,5-6H2,2-3H3/t12-,14-/m0/s1. The highest BCUT2D eigenvalue weighted by Gasteiger charge is 2.21. The van der Waals surface area contributed by atoms with Crippen LogP contribution in [0.15, 0.2) is 41.8 Å². The molecule has 2 N–H and O–H groups in total. The van der Waals surface area contributed by atoms with E-state index in [1.807, 2.05) is 6.92 Å². The fourth-order valence-electron chi connectivity index (χ4n) is 1.65. The summed E-state index contributed by atoms with van der Waals surface area (Å²) in [5, 5.41) is 9.83. The second-order valence-corrected chi connectivity index (χ2v) is 6.37. The number of hydrogen-bond donors (Lipinski definition) is 2. The molecule has 1 aromatic carbocycles. The van der Waals surface area contributed by atoms with Crippen LogP contribution in [0, 0.1) is 6.92 Å². The maximum atomic E-state index is 12.1. The summed E-state index contributed by atoms with van der Waals surface area (Å²) in [6.45, 7) is 7.12. The molecule has 0 aliphatic rings. The normalized spacial score (nSPS) is 14.9. The summed E-state index contributed by atoms with van der Waals surface area (Å²) in [5.41, 5.74) is 0.998. The SMILES string of the molecule is C=CCC[C@H](O)[C@H](C)NS(=O)(=O)c1ccc(C)cc1. The van der Waals surface area contributed by atoms with Crippen LogP contribution in [0.3, 0.4) is 0 Å². The average molecular weight is 283 g/mol. The van der Waals surface area contributed by atoms with Crippen LogP contribution < -0.4 is 4.72 Å². The first kappa shape index (κ1) is 15.9. The Hall–Kier alpha value is -1.17. The van der Waals surface area contributed by atoms with Crippen LogP contribution in [0.2, 0.25) is 0 Å². The quantitative estimate of drug-likeness (QED) is 0.752. The molecule has 0 aliphatic carbocycles. The first-order valence-corrected chi connectivity index (χ1v) is 7.73. The van der Waals surface area contributed by atoms with Crippen molar-refractivity contribution in [2.45, 2.75) is 43.7 Å².